The van der Waals surface area contributed by atoms with Crippen LogP contribution in [0.1, 0.15) is 43.0 Å². The second-order valence-electron chi connectivity index (χ2n) is 3.88. The lowest BCUT2D eigenvalue weighted by Gasteiger charge is -2.18. The van der Waals surface area contributed by atoms with Crippen LogP contribution in [-0.2, 0) is 0 Å². The standard InChI is InChI=1S/C13H21N/c1-5-13(14-6-2)12-8-7-10(3)9-11(12)4/h7-9,13-14H,5-6H2,1-4H3. The Kier molecular flexibility index (Phi) is 4.15. The minimum atomic E-state index is 0.514. The zero-order valence-electron chi connectivity index (χ0n) is 9.72. The molecule has 0 spiro atoms. The second kappa shape index (κ2) is 5.16. The van der Waals surface area contributed by atoms with E-state index in [1.165, 1.54) is 16.7 Å². The summed E-state index contributed by atoms with van der Waals surface area (Å²) >= 11 is 0. The Bertz CT molecular complexity index is 291. The zero-order valence-corrected chi connectivity index (χ0v) is 9.72. The molecule has 0 amide bonds. The average Bonchev–Trinajstić information content (AvgIpc) is 2.15. The van der Waals surface area contributed by atoms with Gasteiger partial charge >= 0.3 is 0 Å². The minimum Gasteiger partial charge on any atom is -0.310 e. The van der Waals surface area contributed by atoms with Gasteiger partial charge in [0.05, 0.1) is 0 Å². The van der Waals surface area contributed by atoms with Crippen LogP contribution in [-0.4, -0.2) is 6.54 Å². The summed E-state index contributed by atoms with van der Waals surface area (Å²) in [6.45, 7) is 9.76. The van der Waals surface area contributed by atoms with Crippen molar-refractivity contribution in [2.24, 2.45) is 0 Å². The third-order valence-electron chi connectivity index (χ3n) is 2.66. The molecule has 0 aromatic heterocycles. The van der Waals surface area contributed by atoms with Crippen molar-refractivity contribution < 1.29 is 0 Å². The van der Waals surface area contributed by atoms with Gasteiger partial charge < -0.3 is 5.32 Å². The van der Waals surface area contributed by atoms with Crippen molar-refractivity contribution >= 4 is 0 Å². The number of hydrogen-bond donors (Lipinski definition) is 1. The molecule has 1 atom stereocenters. The van der Waals surface area contributed by atoms with E-state index >= 15 is 0 Å². The minimum absolute atomic E-state index is 0.514. The summed E-state index contributed by atoms with van der Waals surface area (Å²) in [6.07, 6.45) is 1.15. The Morgan fingerprint density at radius 2 is 1.93 bits per heavy atom. The first kappa shape index (κ1) is 11.3. The molecule has 0 saturated carbocycles. The van der Waals surface area contributed by atoms with Gasteiger partial charge in [-0.15, -0.1) is 0 Å². The van der Waals surface area contributed by atoms with E-state index in [9.17, 15) is 0 Å². The van der Waals surface area contributed by atoms with Gasteiger partial charge in [0.2, 0.25) is 0 Å². The van der Waals surface area contributed by atoms with Crippen LogP contribution in [0.4, 0.5) is 0 Å². The van der Waals surface area contributed by atoms with Crippen molar-refractivity contribution in [1.82, 2.24) is 5.32 Å². The molecule has 0 radical (unpaired) electrons. The highest BCUT2D eigenvalue weighted by molar-refractivity contribution is 5.32. The maximum absolute atomic E-state index is 3.51. The summed E-state index contributed by atoms with van der Waals surface area (Å²) in [5.74, 6) is 0. The van der Waals surface area contributed by atoms with Gasteiger partial charge in [0.1, 0.15) is 0 Å². The van der Waals surface area contributed by atoms with Crippen LogP contribution >= 0.6 is 0 Å². The fourth-order valence-electron chi connectivity index (χ4n) is 1.94. The molecule has 1 N–H and O–H groups in total. The molecule has 0 saturated heterocycles. The number of nitrogens with one attached hydrogen (secondary N) is 1. The van der Waals surface area contributed by atoms with E-state index in [4.69, 9.17) is 0 Å². The predicted molar refractivity (Wildman–Crippen MR) is 62.6 cm³/mol. The monoisotopic (exact) mass is 191 g/mol. The first-order chi connectivity index (χ1) is 6.69. The Morgan fingerprint density at radius 1 is 1.21 bits per heavy atom. The number of rotatable bonds is 4. The highest BCUT2D eigenvalue weighted by Crippen LogP contribution is 2.21. The molecule has 0 aliphatic carbocycles. The molecule has 0 bridgehead atoms. The molecule has 1 nitrogen and oxygen atoms in total. The number of aryl methyl sites for hydroxylation is 2. The van der Waals surface area contributed by atoms with Crippen molar-refractivity contribution in [1.29, 1.82) is 0 Å². The Morgan fingerprint density at radius 3 is 2.43 bits per heavy atom. The highest BCUT2D eigenvalue weighted by atomic mass is 14.9. The van der Waals surface area contributed by atoms with Crippen molar-refractivity contribution in [3.8, 4) is 0 Å². The largest absolute Gasteiger partial charge is 0.310 e. The SMILES string of the molecule is CCNC(CC)c1ccc(C)cc1C. The van der Waals surface area contributed by atoms with Gasteiger partial charge in [0.15, 0.2) is 0 Å². The summed E-state index contributed by atoms with van der Waals surface area (Å²) in [5.41, 5.74) is 4.19. The first-order valence-electron chi connectivity index (χ1n) is 5.49. The molecule has 78 valence electrons. The van der Waals surface area contributed by atoms with E-state index in [1.807, 2.05) is 0 Å². The van der Waals surface area contributed by atoms with Crippen LogP contribution in [0.3, 0.4) is 0 Å². The summed E-state index contributed by atoms with van der Waals surface area (Å²) in [4.78, 5) is 0. The van der Waals surface area contributed by atoms with Crippen molar-refractivity contribution in [2.75, 3.05) is 6.54 Å². The summed E-state index contributed by atoms with van der Waals surface area (Å²) < 4.78 is 0. The van der Waals surface area contributed by atoms with E-state index < -0.39 is 0 Å². The fraction of sp³-hybridized carbons (Fsp3) is 0.538. The highest BCUT2D eigenvalue weighted by Gasteiger charge is 2.09. The van der Waals surface area contributed by atoms with Crippen LogP contribution in [0.5, 0.6) is 0 Å². The summed E-state index contributed by atoms with van der Waals surface area (Å²) in [6, 6.07) is 7.22. The molecular weight excluding hydrogens is 170 g/mol. The summed E-state index contributed by atoms with van der Waals surface area (Å²) in [7, 11) is 0. The van der Waals surface area contributed by atoms with Gasteiger partial charge in [0.25, 0.3) is 0 Å². The van der Waals surface area contributed by atoms with Crippen LogP contribution in [0.25, 0.3) is 0 Å². The molecule has 0 aliphatic heterocycles. The van der Waals surface area contributed by atoms with Crippen LogP contribution in [0, 0.1) is 13.8 Å². The predicted octanol–water partition coefficient (Wildman–Crippen LogP) is 3.36. The van der Waals surface area contributed by atoms with E-state index in [-0.39, 0.29) is 0 Å². The maximum atomic E-state index is 3.51. The van der Waals surface area contributed by atoms with Crippen molar-refractivity contribution in [3.05, 3.63) is 34.9 Å². The molecule has 0 fully saturated rings. The van der Waals surface area contributed by atoms with Gasteiger partial charge in [-0.3, -0.25) is 0 Å². The van der Waals surface area contributed by atoms with Gasteiger partial charge in [-0.2, -0.15) is 0 Å². The first-order valence-corrected chi connectivity index (χ1v) is 5.49. The molecular formula is C13H21N. The zero-order chi connectivity index (χ0) is 10.6. The van der Waals surface area contributed by atoms with Crippen molar-refractivity contribution in [3.63, 3.8) is 0 Å². The lowest BCUT2D eigenvalue weighted by Crippen LogP contribution is -2.20. The molecule has 1 rings (SSSR count). The molecule has 1 heteroatoms. The van der Waals surface area contributed by atoms with Gasteiger partial charge in [-0.1, -0.05) is 37.6 Å². The molecule has 1 unspecified atom stereocenters. The molecule has 0 heterocycles. The third kappa shape index (κ3) is 2.58. The normalized spacial score (nSPS) is 12.9. The molecule has 0 aliphatic rings. The smallest absolute Gasteiger partial charge is 0.0320 e. The van der Waals surface area contributed by atoms with E-state index in [0.29, 0.717) is 6.04 Å². The molecule has 1 aromatic carbocycles. The van der Waals surface area contributed by atoms with Gasteiger partial charge in [-0.05, 0) is 37.9 Å². The Labute approximate surface area is 87.5 Å². The molecule has 1 aromatic rings. The average molecular weight is 191 g/mol. The topological polar surface area (TPSA) is 12.0 Å². The van der Waals surface area contributed by atoms with E-state index in [2.05, 4.69) is 51.2 Å². The van der Waals surface area contributed by atoms with E-state index in [0.717, 1.165) is 13.0 Å². The van der Waals surface area contributed by atoms with E-state index in [1.54, 1.807) is 0 Å². The Balaban J connectivity index is 2.92. The fourth-order valence-corrected chi connectivity index (χ4v) is 1.94. The molecule has 14 heavy (non-hydrogen) atoms. The van der Waals surface area contributed by atoms with Crippen LogP contribution < -0.4 is 5.32 Å². The lowest BCUT2D eigenvalue weighted by molar-refractivity contribution is 0.535. The van der Waals surface area contributed by atoms with Crippen LogP contribution in [0.15, 0.2) is 18.2 Å². The summed E-state index contributed by atoms with van der Waals surface area (Å²) in [5, 5.41) is 3.51. The van der Waals surface area contributed by atoms with Gasteiger partial charge in [0, 0.05) is 6.04 Å². The third-order valence-corrected chi connectivity index (χ3v) is 2.66. The second-order valence-corrected chi connectivity index (χ2v) is 3.88. The number of hydrogen-bond acceptors (Lipinski definition) is 1. The number of benzene rings is 1. The lowest BCUT2D eigenvalue weighted by atomic mass is 9.97. The van der Waals surface area contributed by atoms with Crippen LogP contribution in [0.2, 0.25) is 0 Å². The quantitative estimate of drug-likeness (QED) is 0.769. The maximum Gasteiger partial charge on any atom is 0.0320 e. The van der Waals surface area contributed by atoms with Gasteiger partial charge in [-0.25, -0.2) is 0 Å². The van der Waals surface area contributed by atoms with Crippen molar-refractivity contribution in [2.45, 2.75) is 40.2 Å². The Hall–Kier alpha value is -0.820.